The van der Waals surface area contributed by atoms with E-state index < -0.39 is 10.0 Å². The zero-order valence-corrected chi connectivity index (χ0v) is 14.6. The molecule has 0 saturated carbocycles. The number of carbonyl (C=O) groups is 1. The average Bonchev–Trinajstić information content (AvgIpc) is 3.22. The predicted octanol–water partition coefficient (Wildman–Crippen LogP) is 1.09. The van der Waals surface area contributed by atoms with Gasteiger partial charge in [0.15, 0.2) is 0 Å². The molecule has 0 bridgehead atoms. The summed E-state index contributed by atoms with van der Waals surface area (Å²) in [5.41, 5.74) is 1.83. The summed E-state index contributed by atoms with van der Waals surface area (Å²) in [4.78, 5) is 13.7. The first-order valence-electron chi connectivity index (χ1n) is 7.50. The Balaban J connectivity index is 1.75. The maximum absolute atomic E-state index is 12.6. The smallest absolute Gasteiger partial charge is 0.267 e. The molecule has 1 N–H and O–H groups in total. The lowest BCUT2D eigenvalue weighted by molar-refractivity contribution is 0.0950. The number of carbonyl (C=O) groups excluding carboxylic acids is 1. The van der Waals surface area contributed by atoms with Crippen molar-refractivity contribution in [3.8, 4) is 0 Å². The maximum atomic E-state index is 12.6. The van der Waals surface area contributed by atoms with Gasteiger partial charge in [-0.1, -0.05) is 17.7 Å². The van der Waals surface area contributed by atoms with Crippen molar-refractivity contribution in [2.24, 2.45) is 7.05 Å². The van der Waals surface area contributed by atoms with Crippen LogP contribution in [0.2, 0.25) is 0 Å². The Bertz CT molecular complexity index is 1000. The standard InChI is InChI=1S/C16H17N5O3S/c1-12-3-5-15(6-4-12)25(23,24)21-8-7-13(11-21)16(22)17-9-14-10-18-20(2)19-14/h3-8,10-11H,9H2,1-2H3,(H,17,22). The van der Waals surface area contributed by atoms with E-state index in [0.717, 1.165) is 9.54 Å². The highest BCUT2D eigenvalue weighted by Crippen LogP contribution is 2.16. The third kappa shape index (κ3) is 3.61. The molecule has 0 fully saturated rings. The number of nitrogens with zero attached hydrogens (tertiary/aromatic N) is 4. The molecule has 25 heavy (non-hydrogen) atoms. The molecule has 0 aliphatic carbocycles. The first kappa shape index (κ1) is 16.9. The summed E-state index contributed by atoms with van der Waals surface area (Å²) >= 11 is 0. The van der Waals surface area contributed by atoms with E-state index >= 15 is 0 Å². The van der Waals surface area contributed by atoms with Crippen LogP contribution in [0.3, 0.4) is 0 Å². The molecule has 9 heteroatoms. The fraction of sp³-hybridized carbons (Fsp3) is 0.188. The quantitative estimate of drug-likeness (QED) is 0.735. The number of benzene rings is 1. The number of amides is 1. The molecule has 0 atom stereocenters. The molecular formula is C16H17N5O3S. The van der Waals surface area contributed by atoms with Crippen LogP contribution in [-0.4, -0.2) is 33.3 Å². The molecule has 2 heterocycles. The molecule has 0 radical (unpaired) electrons. The molecule has 8 nitrogen and oxygen atoms in total. The highest BCUT2D eigenvalue weighted by Gasteiger charge is 2.18. The molecule has 0 saturated heterocycles. The minimum absolute atomic E-state index is 0.167. The van der Waals surface area contributed by atoms with Crippen LogP contribution in [0.4, 0.5) is 0 Å². The van der Waals surface area contributed by atoms with Crippen molar-refractivity contribution in [2.75, 3.05) is 0 Å². The van der Waals surface area contributed by atoms with Crippen molar-refractivity contribution in [1.29, 1.82) is 0 Å². The second-order valence-electron chi connectivity index (χ2n) is 5.56. The van der Waals surface area contributed by atoms with E-state index in [2.05, 4.69) is 15.5 Å². The Morgan fingerprint density at radius 3 is 2.56 bits per heavy atom. The Morgan fingerprint density at radius 1 is 1.20 bits per heavy atom. The van der Waals surface area contributed by atoms with Crippen LogP contribution >= 0.6 is 0 Å². The minimum atomic E-state index is -3.72. The number of nitrogens with one attached hydrogen (secondary N) is 1. The highest BCUT2D eigenvalue weighted by atomic mass is 32.2. The van der Waals surface area contributed by atoms with E-state index in [1.54, 1.807) is 37.5 Å². The Morgan fingerprint density at radius 2 is 1.92 bits per heavy atom. The van der Waals surface area contributed by atoms with Crippen molar-refractivity contribution in [2.45, 2.75) is 18.4 Å². The van der Waals surface area contributed by atoms with Crippen molar-refractivity contribution >= 4 is 15.9 Å². The number of rotatable bonds is 5. The molecule has 1 amide bonds. The number of hydrogen-bond acceptors (Lipinski definition) is 5. The molecule has 0 unspecified atom stereocenters. The minimum Gasteiger partial charge on any atom is -0.346 e. The second-order valence-corrected chi connectivity index (χ2v) is 7.40. The molecule has 2 aromatic heterocycles. The largest absolute Gasteiger partial charge is 0.346 e. The third-order valence-corrected chi connectivity index (χ3v) is 5.25. The van der Waals surface area contributed by atoms with Crippen LogP contribution in [0, 0.1) is 6.92 Å². The van der Waals surface area contributed by atoms with Gasteiger partial charge in [0.25, 0.3) is 15.9 Å². The third-order valence-electron chi connectivity index (χ3n) is 3.60. The van der Waals surface area contributed by atoms with E-state index in [1.165, 1.54) is 23.3 Å². The SMILES string of the molecule is Cc1ccc(S(=O)(=O)n2ccc(C(=O)NCc3cnn(C)n3)c2)cc1. The van der Waals surface area contributed by atoms with Gasteiger partial charge < -0.3 is 5.32 Å². The summed E-state index contributed by atoms with van der Waals surface area (Å²) < 4.78 is 26.2. The summed E-state index contributed by atoms with van der Waals surface area (Å²) in [7, 11) is -2.04. The summed E-state index contributed by atoms with van der Waals surface area (Å²) in [6.45, 7) is 2.09. The average molecular weight is 359 g/mol. The van der Waals surface area contributed by atoms with E-state index in [0.29, 0.717) is 5.69 Å². The topological polar surface area (TPSA) is 98.9 Å². The van der Waals surface area contributed by atoms with E-state index in [-0.39, 0.29) is 22.9 Å². The van der Waals surface area contributed by atoms with Crippen molar-refractivity contribution in [1.82, 2.24) is 24.3 Å². The van der Waals surface area contributed by atoms with Crippen molar-refractivity contribution in [3.63, 3.8) is 0 Å². The van der Waals surface area contributed by atoms with Crippen molar-refractivity contribution in [3.05, 3.63) is 65.7 Å². The van der Waals surface area contributed by atoms with Gasteiger partial charge in [-0.05, 0) is 25.1 Å². The van der Waals surface area contributed by atoms with Crippen LogP contribution < -0.4 is 5.32 Å². The molecule has 1 aromatic carbocycles. The molecule has 0 aliphatic heterocycles. The first-order chi connectivity index (χ1) is 11.9. The number of hydrogen-bond donors (Lipinski definition) is 1. The molecular weight excluding hydrogens is 342 g/mol. The van der Waals surface area contributed by atoms with Gasteiger partial charge >= 0.3 is 0 Å². The van der Waals surface area contributed by atoms with Crippen LogP contribution in [-0.2, 0) is 23.6 Å². The van der Waals surface area contributed by atoms with Gasteiger partial charge in [-0.2, -0.15) is 15.0 Å². The molecule has 3 aromatic rings. The van der Waals surface area contributed by atoms with Gasteiger partial charge in [0.05, 0.1) is 23.2 Å². The Labute approximate surface area is 145 Å². The van der Waals surface area contributed by atoms with Gasteiger partial charge in [-0.25, -0.2) is 12.4 Å². The van der Waals surface area contributed by atoms with E-state index in [4.69, 9.17) is 0 Å². The molecule has 0 spiro atoms. The maximum Gasteiger partial charge on any atom is 0.267 e. The lowest BCUT2D eigenvalue weighted by atomic mass is 10.2. The van der Waals surface area contributed by atoms with Crippen LogP contribution in [0.25, 0.3) is 0 Å². The second kappa shape index (κ2) is 6.52. The van der Waals surface area contributed by atoms with E-state index in [1.807, 2.05) is 6.92 Å². The van der Waals surface area contributed by atoms with Crippen LogP contribution in [0.5, 0.6) is 0 Å². The zero-order valence-electron chi connectivity index (χ0n) is 13.7. The predicted molar refractivity (Wildman–Crippen MR) is 90.4 cm³/mol. The fourth-order valence-corrected chi connectivity index (χ4v) is 3.43. The summed E-state index contributed by atoms with van der Waals surface area (Å²) in [6, 6.07) is 7.99. The zero-order chi connectivity index (χ0) is 18.0. The van der Waals surface area contributed by atoms with Gasteiger partial charge in [0, 0.05) is 19.4 Å². The lowest BCUT2D eigenvalue weighted by Crippen LogP contribution is -2.23. The molecule has 0 aliphatic rings. The fourth-order valence-electron chi connectivity index (χ4n) is 2.23. The van der Waals surface area contributed by atoms with Gasteiger partial charge in [-0.15, -0.1) is 0 Å². The van der Waals surface area contributed by atoms with Gasteiger partial charge in [-0.3, -0.25) is 4.79 Å². The molecule has 130 valence electrons. The number of aryl methyl sites for hydroxylation is 2. The first-order valence-corrected chi connectivity index (χ1v) is 8.94. The molecule has 3 rings (SSSR count). The Kier molecular flexibility index (Phi) is 4.41. The van der Waals surface area contributed by atoms with Crippen molar-refractivity contribution < 1.29 is 13.2 Å². The Hall–Kier alpha value is -2.94. The normalized spacial score (nSPS) is 11.4. The van der Waals surface area contributed by atoms with Crippen LogP contribution in [0.15, 0.2) is 53.8 Å². The number of aromatic nitrogens is 4. The summed E-state index contributed by atoms with van der Waals surface area (Å²) in [5.74, 6) is -0.386. The van der Waals surface area contributed by atoms with Crippen LogP contribution in [0.1, 0.15) is 21.6 Å². The monoisotopic (exact) mass is 359 g/mol. The van der Waals surface area contributed by atoms with E-state index in [9.17, 15) is 13.2 Å². The highest BCUT2D eigenvalue weighted by molar-refractivity contribution is 7.90. The summed E-state index contributed by atoms with van der Waals surface area (Å²) in [5, 5.41) is 10.6. The van der Waals surface area contributed by atoms with Gasteiger partial charge in [0.1, 0.15) is 5.69 Å². The lowest BCUT2D eigenvalue weighted by Gasteiger charge is -2.06. The summed E-state index contributed by atoms with van der Waals surface area (Å²) in [6.07, 6.45) is 4.20. The van der Waals surface area contributed by atoms with Gasteiger partial charge in [0.2, 0.25) is 0 Å².